The number of anilines is 1. The third-order valence-corrected chi connectivity index (χ3v) is 4.68. The van der Waals surface area contributed by atoms with E-state index in [4.69, 9.17) is 0 Å². The highest BCUT2D eigenvalue weighted by Gasteiger charge is 2.32. The Morgan fingerprint density at radius 1 is 1.53 bits per heavy atom. The Kier molecular flexibility index (Phi) is 3.25. The third-order valence-electron chi connectivity index (χ3n) is 3.52. The molecule has 1 aliphatic rings. The van der Waals surface area contributed by atoms with E-state index in [1.54, 1.807) is 13.1 Å². The first kappa shape index (κ1) is 12.6. The largest absolute Gasteiger partial charge is 0.348 e. The summed E-state index contributed by atoms with van der Waals surface area (Å²) in [7, 11) is 0. The molecule has 1 aliphatic heterocycles. The first-order valence-electron chi connectivity index (χ1n) is 6.09. The van der Waals surface area contributed by atoms with Gasteiger partial charge in [0.2, 0.25) is 0 Å². The third kappa shape index (κ3) is 2.68. The van der Waals surface area contributed by atoms with Gasteiger partial charge in [-0.2, -0.15) is 0 Å². The van der Waals surface area contributed by atoms with Crippen LogP contribution in [0.5, 0.6) is 0 Å². The molecular formula is C13H20N2OS. The topological polar surface area (TPSA) is 33.2 Å². The second-order valence-corrected chi connectivity index (χ2v) is 6.87. The summed E-state index contributed by atoms with van der Waals surface area (Å²) < 4.78 is 0. The van der Waals surface area contributed by atoms with Gasteiger partial charge in [-0.25, -0.2) is 4.98 Å². The molecule has 1 saturated heterocycles. The van der Waals surface area contributed by atoms with E-state index >= 15 is 0 Å². The van der Waals surface area contributed by atoms with Crippen LogP contribution < -0.4 is 4.90 Å². The zero-order valence-electron chi connectivity index (χ0n) is 11.0. The highest BCUT2D eigenvalue weighted by Crippen LogP contribution is 2.36. The van der Waals surface area contributed by atoms with Crippen molar-refractivity contribution in [2.75, 3.05) is 18.0 Å². The Bertz CT molecular complexity index is 419. The number of carbonyl (C=O) groups excluding carboxylic acids is 1. The average molecular weight is 252 g/mol. The van der Waals surface area contributed by atoms with Crippen LogP contribution in [0.15, 0.2) is 6.20 Å². The van der Waals surface area contributed by atoms with Crippen molar-refractivity contribution in [2.24, 2.45) is 11.3 Å². The van der Waals surface area contributed by atoms with Crippen molar-refractivity contribution < 1.29 is 4.79 Å². The normalized spacial score (nSPS) is 20.9. The van der Waals surface area contributed by atoms with Gasteiger partial charge in [-0.3, -0.25) is 4.79 Å². The van der Waals surface area contributed by atoms with E-state index in [0.29, 0.717) is 11.3 Å². The van der Waals surface area contributed by atoms with Gasteiger partial charge < -0.3 is 4.90 Å². The van der Waals surface area contributed by atoms with Gasteiger partial charge >= 0.3 is 0 Å². The lowest BCUT2D eigenvalue weighted by molar-refractivity contribution is 0.102. The number of hydrogen-bond donors (Lipinski definition) is 0. The standard InChI is InChI=1S/C13H20N2OS/c1-9(16)11-7-14-12(17-11)15-6-5-10(8-15)13(2,3)4/h7,10H,5-6,8H2,1-4H3. The average Bonchev–Trinajstić information content (AvgIpc) is 2.85. The van der Waals surface area contributed by atoms with Crippen LogP contribution in [0.1, 0.15) is 43.8 Å². The quantitative estimate of drug-likeness (QED) is 0.758. The Labute approximate surface area is 107 Å². The van der Waals surface area contributed by atoms with Crippen LogP contribution in [0.2, 0.25) is 0 Å². The highest BCUT2D eigenvalue weighted by molar-refractivity contribution is 7.17. The van der Waals surface area contributed by atoms with Crippen LogP contribution in [0, 0.1) is 11.3 Å². The lowest BCUT2D eigenvalue weighted by Gasteiger charge is -2.26. The fraction of sp³-hybridized carbons (Fsp3) is 0.692. The number of nitrogens with zero attached hydrogens (tertiary/aromatic N) is 2. The number of hydrogen-bond acceptors (Lipinski definition) is 4. The molecule has 17 heavy (non-hydrogen) atoms. The van der Waals surface area contributed by atoms with E-state index in [-0.39, 0.29) is 5.78 Å². The molecule has 1 fully saturated rings. The van der Waals surface area contributed by atoms with Gasteiger partial charge in [-0.1, -0.05) is 32.1 Å². The Hall–Kier alpha value is -0.900. The van der Waals surface area contributed by atoms with Crippen molar-refractivity contribution in [3.8, 4) is 0 Å². The monoisotopic (exact) mass is 252 g/mol. The number of Topliss-reactive ketones (excluding diaryl/α,β-unsaturated/α-hetero) is 1. The molecule has 2 rings (SSSR count). The smallest absolute Gasteiger partial charge is 0.185 e. The predicted octanol–water partition coefficient (Wildman–Crippen LogP) is 3.22. The number of thiazole rings is 1. The molecule has 0 aromatic carbocycles. The van der Waals surface area contributed by atoms with Crippen LogP contribution in [-0.2, 0) is 0 Å². The van der Waals surface area contributed by atoms with Gasteiger partial charge in [-0.15, -0.1) is 0 Å². The minimum Gasteiger partial charge on any atom is -0.348 e. The number of carbonyl (C=O) groups is 1. The summed E-state index contributed by atoms with van der Waals surface area (Å²) in [6.45, 7) is 10.6. The van der Waals surface area contributed by atoms with Crippen molar-refractivity contribution >= 4 is 22.3 Å². The molecule has 0 spiro atoms. The summed E-state index contributed by atoms with van der Waals surface area (Å²) >= 11 is 1.52. The molecule has 3 nitrogen and oxygen atoms in total. The lowest BCUT2D eigenvalue weighted by atomic mass is 9.80. The molecule has 2 heterocycles. The minimum absolute atomic E-state index is 0.111. The number of aromatic nitrogens is 1. The number of rotatable bonds is 2. The molecule has 0 bridgehead atoms. The van der Waals surface area contributed by atoms with Crippen LogP contribution in [0.4, 0.5) is 5.13 Å². The Morgan fingerprint density at radius 3 is 2.71 bits per heavy atom. The van der Waals surface area contributed by atoms with E-state index in [1.807, 2.05) is 0 Å². The molecule has 1 unspecified atom stereocenters. The Balaban J connectivity index is 2.07. The van der Waals surface area contributed by atoms with Gasteiger partial charge in [0, 0.05) is 20.0 Å². The maximum Gasteiger partial charge on any atom is 0.185 e. The van der Waals surface area contributed by atoms with Crippen molar-refractivity contribution in [3.05, 3.63) is 11.1 Å². The molecule has 4 heteroatoms. The summed E-state index contributed by atoms with van der Waals surface area (Å²) in [5, 5.41) is 1.00. The van der Waals surface area contributed by atoms with Gasteiger partial charge in [0.1, 0.15) is 0 Å². The van der Waals surface area contributed by atoms with E-state index in [1.165, 1.54) is 17.8 Å². The molecular weight excluding hydrogens is 232 g/mol. The van der Waals surface area contributed by atoms with E-state index in [9.17, 15) is 4.79 Å². The van der Waals surface area contributed by atoms with Gasteiger partial charge in [0.15, 0.2) is 10.9 Å². The zero-order valence-corrected chi connectivity index (χ0v) is 11.8. The zero-order chi connectivity index (χ0) is 12.6. The van der Waals surface area contributed by atoms with E-state index < -0.39 is 0 Å². The summed E-state index contributed by atoms with van der Waals surface area (Å²) in [6.07, 6.45) is 2.92. The summed E-state index contributed by atoms with van der Waals surface area (Å²) in [5.74, 6) is 0.826. The Morgan fingerprint density at radius 2 is 2.24 bits per heavy atom. The molecule has 1 aromatic rings. The summed E-state index contributed by atoms with van der Waals surface area (Å²) in [5.41, 5.74) is 0.357. The SMILES string of the molecule is CC(=O)c1cnc(N2CCC(C(C)(C)C)C2)s1. The summed E-state index contributed by atoms with van der Waals surface area (Å²) in [4.78, 5) is 18.7. The first-order chi connectivity index (χ1) is 7.88. The molecule has 0 N–H and O–H groups in total. The maximum absolute atomic E-state index is 11.2. The van der Waals surface area contributed by atoms with Gasteiger partial charge in [0.05, 0.1) is 11.1 Å². The fourth-order valence-electron chi connectivity index (χ4n) is 2.21. The second kappa shape index (κ2) is 4.41. The first-order valence-corrected chi connectivity index (χ1v) is 6.91. The molecule has 0 amide bonds. The lowest BCUT2D eigenvalue weighted by Crippen LogP contribution is -2.25. The minimum atomic E-state index is 0.111. The van der Waals surface area contributed by atoms with Gasteiger partial charge in [-0.05, 0) is 17.8 Å². The van der Waals surface area contributed by atoms with Crippen molar-refractivity contribution in [1.82, 2.24) is 4.98 Å². The van der Waals surface area contributed by atoms with Crippen molar-refractivity contribution in [2.45, 2.75) is 34.1 Å². The highest BCUT2D eigenvalue weighted by atomic mass is 32.1. The summed E-state index contributed by atoms with van der Waals surface area (Å²) in [6, 6.07) is 0. The maximum atomic E-state index is 11.2. The van der Waals surface area contributed by atoms with Crippen molar-refractivity contribution in [1.29, 1.82) is 0 Å². The molecule has 1 aromatic heterocycles. The molecule has 0 saturated carbocycles. The van der Waals surface area contributed by atoms with Crippen LogP contribution in [-0.4, -0.2) is 23.9 Å². The number of ketones is 1. The fourth-order valence-corrected chi connectivity index (χ4v) is 3.06. The predicted molar refractivity (Wildman–Crippen MR) is 71.9 cm³/mol. The van der Waals surface area contributed by atoms with E-state index in [0.717, 1.165) is 23.1 Å². The van der Waals surface area contributed by atoms with Crippen LogP contribution >= 0.6 is 11.3 Å². The van der Waals surface area contributed by atoms with Crippen LogP contribution in [0.25, 0.3) is 0 Å². The molecule has 0 aliphatic carbocycles. The van der Waals surface area contributed by atoms with Gasteiger partial charge in [0.25, 0.3) is 0 Å². The second-order valence-electron chi connectivity index (χ2n) is 5.86. The van der Waals surface area contributed by atoms with Crippen LogP contribution in [0.3, 0.4) is 0 Å². The molecule has 94 valence electrons. The van der Waals surface area contributed by atoms with E-state index in [2.05, 4.69) is 30.7 Å². The molecule has 0 radical (unpaired) electrons. The molecule has 1 atom stereocenters. The van der Waals surface area contributed by atoms with Crippen molar-refractivity contribution in [3.63, 3.8) is 0 Å².